The van der Waals surface area contributed by atoms with Crippen molar-refractivity contribution in [1.29, 1.82) is 0 Å². The van der Waals surface area contributed by atoms with Gasteiger partial charge in [-0.3, -0.25) is 14.7 Å². The average Bonchev–Trinajstić information content (AvgIpc) is 3.27. The second-order valence-electron chi connectivity index (χ2n) is 9.18. The summed E-state index contributed by atoms with van der Waals surface area (Å²) >= 11 is 0. The maximum Gasteiger partial charge on any atom is 0.417 e. The number of hydrogen-bond acceptors (Lipinski definition) is 4. The molecule has 0 radical (unpaired) electrons. The lowest BCUT2D eigenvalue weighted by Gasteiger charge is -2.39. The van der Waals surface area contributed by atoms with E-state index in [1.807, 2.05) is 18.7 Å². The van der Waals surface area contributed by atoms with Gasteiger partial charge >= 0.3 is 6.18 Å². The third kappa shape index (κ3) is 4.92. The van der Waals surface area contributed by atoms with E-state index >= 15 is 0 Å². The topological polar surface area (TPSA) is 56.7 Å². The second-order valence-corrected chi connectivity index (χ2v) is 9.18. The normalized spacial score (nSPS) is 20.4. The number of alkyl halides is 3. The summed E-state index contributed by atoms with van der Waals surface area (Å²) in [6.45, 7) is 6.17. The van der Waals surface area contributed by atoms with Gasteiger partial charge in [-0.05, 0) is 68.8 Å². The Morgan fingerprint density at radius 1 is 1.03 bits per heavy atom. The zero-order valence-corrected chi connectivity index (χ0v) is 19.0. The number of likely N-dealkylation sites (tertiary alicyclic amines) is 2. The SMILES string of the molecule is Cc1cc(-c2cncc(C(F)(F)F)c2)cc(C)c1C(=O)N1CCC(N2CCCC2CO)CC1. The number of aliphatic hydroxyl groups excluding tert-OH is 1. The van der Waals surface area contributed by atoms with E-state index < -0.39 is 11.7 Å². The number of piperidine rings is 1. The van der Waals surface area contributed by atoms with Gasteiger partial charge in [0, 0.05) is 48.7 Å². The molecule has 0 aliphatic carbocycles. The molecule has 2 saturated heterocycles. The van der Waals surface area contributed by atoms with Crippen LogP contribution in [-0.2, 0) is 6.18 Å². The van der Waals surface area contributed by atoms with Crippen LogP contribution in [0.3, 0.4) is 0 Å². The molecule has 2 aromatic rings. The van der Waals surface area contributed by atoms with Gasteiger partial charge in [0.05, 0.1) is 12.2 Å². The van der Waals surface area contributed by atoms with Gasteiger partial charge in [-0.1, -0.05) is 12.1 Å². The Kier molecular flexibility index (Phi) is 6.77. The zero-order valence-electron chi connectivity index (χ0n) is 19.0. The lowest BCUT2D eigenvalue weighted by molar-refractivity contribution is -0.137. The molecule has 1 unspecified atom stereocenters. The molecular formula is C25H30F3N3O2. The fourth-order valence-corrected chi connectivity index (χ4v) is 5.31. The monoisotopic (exact) mass is 461 g/mol. The zero-order chi connectivity index (χ0) is 23.8. The predicted octanol–water partition coefficient (Wildman–Crippen LogP) is 4.45. The summed E-state index contributed by atoms with van der Waals surface area (Å²) in [7, 11) is 0. The van der Waals surface area contributed by atoms with Crippen molar-refractivity contribution in [3.63, 3.8) is 0 Å². The van der Waals surface area contributed by atoms with Crippen LogP contribution in [0.2, 0.25) is 0 Å². The molecule has 2 aliphatic rings. The van der Waals surface area contributed by atoms with Crippen molar-refractivity contribution in [3.05, 3.63) is 52.8 Å². The first kappa shape index (κ1) is 23.7. The van der Waals surface area contributed by atoms with Gasteiger partial charge in [-0.15, -0.1) is 0 Å². The highest BCUT2D eigenvalue weighted by atomic mass is 19.4. The Labute approximate surface area is 192 Å². The molecule has 0 spiro atoms. The molecule has 178 valence electrons. The van der Waals surface area contributed by atoms with Crippen LogP contribution in [0.15, 0.2) is 30.6 Å². The lowest BCUT2D eigenvalue weighted by atomic mass is 9.94. The van der Waals surface area contributed by atoms with E-state index in [0.29, 0.717) is 35.8 Å². The number of amides is 1. The van der Waals surface area contributed by atoms with Gasteiger partial charge in [0.25, 0.3) is 5.91 Å². The molecule has 33 heavy (non-hydrogen) atoms. The van der Waals surface area contributed by atoms with Gasteiger partial charge in [0.15, 0.2) is 0 Å². The molecule has 1 aromatic carbocycles. The molecule has 1 amide bonds. The third-order valence-electron chi connectivity index (χ3n) is 7.00. The largest absolute Gasteiger partial charge is 0.417 e. The van der Waals surface area contributed by atoms with Crippen molar-refractivity contribution in [2.24, 2.45) is 0 Å². The van der Waals surface area contributed by atoms with Crippen LogP contribution in [0, 0.1) is 13.8 Å². The number of benzene rings is 1. The third-order valence-corrected chi connectivity index (χ3v) is 7.00. The number of hydrogen-bond donors (Lipinski definition) is 1. The Balaban J connectivity index is 1.49. The van der Waals surface area contributed by atoms with Crippen LogP contribution in [-0.4, -0.2) is 64.1 Å². The second kappa shape index (κ2) is 9.43. The number of carbonyl (C=O) groups is 1. The fourth-order valence-electron chi connectivity index (χ4n) is 5.31. The number of nitrogens with zero attached hydrogens (tertiary/aromatic N) is 3. The number of pyridine rings is 1. The van der Waals surface area contributed by atoms with E-state index in [0.717, 1.165) is 55.6 Å². The van der Waals surface area contributed by atoms with E-state index in [4.69, 9.17) is 0 Å². The molecule has 3 heterocycles. The standard InChI is InChI=1S/C25H30F3N3O2/c1-16-10-18(19-12-20(14-29-13-19)25(26,27)28)11-17(2)23(16)24(33)30-8-5-21(6-9-30)31-7-3-4-22(31)15-32/h10-14,21-22,32H,3-9,15H2,1-2H3. The predicted molar refractivity (Wildman–Crippen MR) is 120 cm³/mol. The molecule has 1 atom stereocenters. The van der Waals surface area contributed by atoms with Crippen LogP contribution < -0.4 is 0 Å². The fraction of sp³-hybridized carbons (Fsp3) is 0.520. The van der Waals surface area contributed by atoms with E-state index in [9.17, 15) is 23.1 Å². The van der Waals surface area contributed by atoms with Crippen LogP contribution in [0.4, 0.5) is 13.2 Å². The van der Waals surface area contributed by atoms with Crippen molar-refractivity contribution < 1.29 is 23.1 Å². The van der Waals surface area contributed by atoms with Crippen LogP contribution in [0.5, 0.6) is 0 Å². The molecule has 2 fully saturated rings. The molecular weight excluding hydrogens is 431 g/mol. The summed E-state index contributed by atoms with van der Waals surface area (Å²) in [6, 6.07) is 5.25. The maximum absolute atomic E-state index is 13.3. The van der Waals surface area contributed by atoms with Gasteiger partial charge in [-0.25, -0.2) is 0 Å². The molecule has 1 aromatic heterocycles. The lowest BCUT2D eigenvalue weighted by Crippen LogP contribution is -2.49. The van der Waals surface area contributed by atoms with E-state index in [2.05, 4.69) is 9.88 Å². The van der Waals surface area contributed by atoms with Crippen molar-refractivity contribution in [1.82, 2.24) is 14.8 Å². The molecule has 0 bridgehead atoms. The van der Waals surface area contributed by atoms with Crippen molar-refractivity contribution >= 4 is 5.91 Å². The first-order chi connectivity index (χ1) is 15.7. The van der Waals surface area contributed by atoms with E-state index in [1.54, 1.807) is 12.1 Å². The summed E-state index contributed by atoms with van der Waals surface area (Å²) < 4.78 is 39.2. The minimum atomic E-state index is -4.46. The molecule has 1 N–H and O–H groups in total. The number of halogens is 3. The maximum atomic E-state index is 13.3. The first-order valence-corrected chi connectivity index (χ1v) is 11.5. The molecule has 8 heteroatoms. The number of aryl methyl sites for hydroxylation is 2. The molecule has 4 rings (SSSR count). The van der Waals surface area contributed by atoms with Crippen LogP contribution >= 0.6 is 0 Å². The van der Waals surface area contributed by atoms with Crippen LogP contribution in [0.1, 0.15) is 52.7 Å². The number of rotatable bonds is 4. The number of aliphatic hydroxyl groups is 1. The summed E-state index contributed by atoms with van der Waals surface area (Å²) in [6.07, 6.45) is 1.67. The Morgan fingerprint density at radius 3 is 2.30 bits per heavy atom. The molecule has 0 saturated carbocycles. The number of carbonyl (C=O) groups excluding carboxylic acids is 1. The average molecular weight is 462 g/mol. The van der Waals surface area contributed by atoms with Crippen LogP contribution in [0.25, 0.3) is 11.1 Å². The smallest absolute Gasteiger partial charge is 0.395 e. The molecule has 2 aliphatic heterocycles. The highest BCUT2D eigenvalue weighted by Crippen LogP contribution is 2.33. The Morgan fingerprint density at radius 2 is 1.70 bits per heavy atom. The van der Waals surface area contributed by atoms with Crippen molar-refractivity contribution in [2.45, 2.75) is 57.8 Å². The summed E-state index contributed by atoms with van der Waals surface area (Å²) in [5.41, 5.74) is 2.30. The minimum absolute atomic E-state index is 0.0303. The van der Waals surface area contributed by atoms with E-state index in [-0.39, 0.29) is 18.6 Å². The highest BCUT2D eigenvalue weighted by Gasteiger charge is 2.34. The van der Waals surface area contributed by atoms with Crippen molar-refractivity contribution in [3.8, 4) is 11.1 Å². The first-order valence-electron chi connectivity index (χ1n) is 11.5. The number of aromatic nitrogens is 1. The quantitative estimate of drug-likeness (QED) is 0.731. The van der Waals surface area contributed by atoms with Gasteiger partial charge < -0.3 is 10.0 Å². The summed E-state index contributed by atoms with van der Waals surface area (Å²) in [5.74, 6) is -0.0303. The van der Waals surface area contributed by atoms with Gasteiger partial charge in [0.1, 0.15) is 0 Å². The highest BCUT2D eigenvalue weighted by molar-refractivity contribution is 5.98. The summed E-state index contributed by atoms with van der Waals surface area (Å²) in [4.78, 5) is 21.4. The van der Waals surface area contributed by atoms with Gasteiger partial charge in [0.2, 0.25) is 0 Å². The molecule has 5 nitrogen and oxygen atoms in total. The Bertz CT molecular complexity index is 993. The van der Waals surface area contributed by atoms with E-state index in [1.165, 1.54) is 6.20 Å². The van der Waals surface area contributed by atoms with Gasteiger partial charge in [-0.2, -0.15) is 13.2 Å². The Hall–Kier alpha value is -2.45. The summed E-state index contributed by atoms with van der Waals surface area (Å²) in [5, 5.41) is 9.61. The van der Waals surface area contributed by atoms with Crippen molar-refractivity contribution in [2.75, 3.05) is 26.2 Å². The minimum Gasteiger partial charge on any atom is -0.395 e.